The SMILES string of the molecule is Cc1nnc2n1C[C@@H](c1cccc(C(=O)NCCOc3ccc(C(C)C)cc3)c1)CC2. The van der Waals surface area contributed by atoms with Crippen LogP contribution in [0.2, 0.25) is 0 Å². The number of hydrogen-bond donors (Lipinski definition) is 1. The second-order valence-corrected chi connectivity index (χ2v) is 8.46. The molecule has 2 aromatic carbocycles. The molecule has 31 heavy (non-hydrogen) atoms. The third kappa shape index (κ3) is 4.95. The van der Waals surface area contributed by atoms with E-state index in [0.717, 1.165) is 36.8 Å². The van der Waals surface area contributed by atoms with Crippen molar-refractivity contribution in [1.29, 1.82) is 0 Å². The number of rotatable bonds is 7. The van der Waals surface area contributed by atoms with Gasteiger partial charge in [-0.05, 0) is 54.7 Å². The second-order valence-electron chi connectivity index (χ2n) is 8.46. The van der Waals surface area contributed by atoms with E-state index in [9.17, 15) is 4.79 Å². The lowest BCUT2D eigenvalue weighted by atomic mass is 9.90. The molecule has 0 spiro atoms. The lowest BCUT2D eigenvalue weighted by molar-refractivity contribution is 0.0947. The highest BCUT2D eigenvalue weighted by atomic mass is 16.5. The van der Waals surface area contributed by atoms with Gasteiger partial charge in [0.1, 0.15) is 24.0 Å². The number of aromatic nitrogens is 3. The summed E-state index contributed by atoms with van der Waals surface area (Å²) in [5.41, 5.74) is 3.16. The van der Waals surface area contributed by atoms with Gasteiger partial charge in [-0.1, -0.05) is 38.1 Å². The zero-order valence-corrected chi connectivity index (χ0v) is 18.5. The van der Waals surface area contributed by atoms with Gasteiger partial charge in [-0.3, -0.25) is 4.79 Å². The number of fused-ring (bicyclic) bond motifs is 1. The molecule has 0 bridgehead atoms. The highest BCUT2D eigenvalue weighted by molar-refractivity contribution is 5.94. The Bertz CT molecular complexity index is 1040. The van der Waals surface area contributed by atoms with Crippen LogP contribution >= 0.6 is 0 Å². The summed E-state index contributed by atoms with van der Waals surface area (Å²) in [6.45, 7) is 8.09. The van der Waals surface area contributed by atoms with Crippen LogP contribution < -0.4 is 10.1 Å². The van der Waals surface area contributed by atoms with E-state index in [1.807, 2.05) is 37.3 Å². The molecular formula is C25H30N4O2. The maximum atomic E-state index is 12.6. The molecule has 6 heteroatoms. The zero-order valence-electron chi connectivity index (χ0n) is 18.5. The highest BCUT2D eigenvalue weighted by Gasteiger charge is 2.23. The lowest BCUT2D eigenvalue weighted by Gasteiger charge is -2.24. The standard InChI is InChI=1S/C25H30N4O2/c1-17(2)19-7-10-23(11-8-19)31-14-13-26-25(30)21-6-4-5-20(15-21)22-9-12-24-28-27-18(3)29(24)16-22/h4-8,10-11,15,17,22H,9,12-14,16H2,1-3H3,(H,26,30)/t22-/m0/s1. The fraction of sp³-hybridized carbons (Fsp3) is 0.400. The van der Waals surface area contributed by atoms with Gasteiger partial charge in [-0.15, -0.1) is 10.2 Å². The minimum atomic E-state index is -0.0717. The number of nitrogens with zero attached hydrogens (tertiary/aromatic N) is 3. The summed E-state index contributed by atoms with van der Waals surface area (Å²) in [6, 6.07) is 16.1. The van der Waals surface area contributed by atoms with Crippen molar-refractivity contribution in [2.24, 2.45) is 0 Å². The maximum Gasteiger partial charge on any atom is 0.251 e. The van der Waals surface area contributed by atoms with Gasteiger partial charge in [0.2, 0.25) is 0 Å². The van der Waals surface area contributed by atoms with Crippen molar-refractivity contribution < 1.29 is 9.53 Å². The average Bonchev–Trinajstić information content (AvgIpc) is 3.17. The van der Waals surface area contributed by atoms with Gasteiger partial charge in [-0.2, -0.15) is 0 Å². The molecule has 0 radical (unpaired) electrons. The van der Waals surface area contributed by atoms with Crippen molar-refractivity contribution in [3.63, 3.8) is 0 Å². The van der Waals surface area contributed by atoms with Crippen molar-refractivity contribution >= 4 is 5.91 Å². The molecule has 1 aliphatic rings. The minimum absolute atomic E-state index is 0.0717. The van der Waals surface area contributed by atoms with Gasteiger partial charge >= 0.3 is 0 Å². The van der Waals surface area contributed by atoms with Crippen molar-refractivity contribution in [3.05, 3.63) is 76.9 Å². The van der Waals surface area contributed by atoms with Crippen LogP contribution in [0.3, 0.4) is 0 Å². The number of benzene rings is 2. The Morgan fingerprint density at radius 1 is 1.19 bits per heavy atom. The van der Waals surface area contributed by atoms with Crippen LogP contribution in [0.5, 0.6) is 5.75 Å². The number of amides is 1. The highest BCUT2D eigenvalue weighted by Crippen LogP contribution is 2.29. The van der Waals surface area contributed by atoms with Gasteiger partial charge in [0.05, 0.1) is 6.54 Å². The van der Waals surface area contributed by atoms with E-state index in [-0.39, 0.29) is 5.91 Å². The Labute approximate surface area is 183 Å². The molecule has 0 aliphatic carbocycles. The molecule has 1 amide bonds. The minimum Gasteiger partial charge on any atom is -0.492 e. The van der Waals surface area contributed by atoms with Crippen molar-refractivity contribution in [2.45, 2.75) is 52.0 Å². The lowest BCUT2D eigenvalue weighted by Crippen LogP contribution is -2.28. The number of ether oxygens (including phenoxy) is 1. The third-order valence-electron chi connectivity index (χ3n) is 5.96. The quantitative estimate of drug-likeness (QED) is 0.583. The van der Waals surface area contributed by atoms with Crippen LogP contribution in [-0.4, -0.2) is 33.8 Å². The van der Waals surface area contributed by atoms with Gasteiger partial charge in [0, 0.05) is 24.4 Å². The van der Waals surface area contributed by atoms with E-state index in [1.165, 1.54) is 11.1 Å². The summed E-state index contributed by atoms with van der Waals surface area (Å²) in [6.07, 6.45) is 1.93. The number of carbonyl (C=O) groups is 1. The number of hydrogen-bond acceptors (Lipinski definition) is 4. The molecule has 1 atom stereocenters. The summed E-state index contributed by atoms with van der Waals surface area (Å²) in [4.78, 5) is 12.6. The molecule has 6 nitrogen and oxygen atoms in total. The van der Waals surface area contributed by atoms with Crippen LogP contribution in [0.4, 0.5) is 0 Å². The molecule has 1 N–H and O–H groups in total. The molecule has 3 aromatic rings. The summed E-state index contributed by atoms with van der Waals surface area (Å²) in [7, 11) is 0. The van der Waals surface area contributed by atoms with E-state index in [2.05, 4.69) is 52.1 Å². The largest absolute Gasteiger partial charge is 0.492 e. The molecule has 0 saturated heterocycles. The fourth-order valence-corrected chi connectivity index (χ4v) is 4.05. The predicted molar refractivity (Wildman–Crippen MR) is 121 cm³/mol. The first-order chi connectivity index (χ1) is 15.0. The van der Waals surface area contributed by atoms with Crippen molar-refractivity contribution in [2.75, 3.05) is 13.2 Å². The van der Waals surface area contributed by atoms with Crippen molar-refractivity contribution in [3.8, 4) is 5.75 Å². The molecule has 1 aromatic heterocycles. The summed E-state index contributed by atoms with van der Waals surface area (Å²) in [5, 5.41) is 11.4. The van der Waals surface area contributed by atoms with Crippen LogP contribution in [0.25, 0.3) is 0 Å². The topological polar surface area (TPSA) is 69.0 Å². The van der Waals surface area contributed by atoms with Crippen LogP contribution in [-0.2, 0) is 13.0 Å². The van der Waals surface area contributed by atoms with Crippen molar-refractivity contribution in [1.82, 2.24) is 20.1 Å². The van der Waals surface area contributed by atoms with Crippen LogP contribution in [0.15, 0.2) is 48.5 Å². The first-order valence-electron chi connectivity index (χ1n) is 11.0. The van der Waals surface area contributed by atoms with E-state index < -0.39 is 0 Å². The van der Waals surface area contributed by atoms with Gasteiger partial charge < -0.3 is 14.6 Å². The molecule has 2 heterocycles. The van der Waals surface area contributed by atoms with E-state index in [4.69, 9.17) is 4.74 Å². The monoisotopic (exact) mass is 418 g/mol. The summed E-state index contributed by atoms with van der Waals surface area (Å²) < 4.78 is 7.94. The Balaban J connectivity index is 1.30. The normalized spacial score (nSPS) is 15.5. The first kappa shape index (κ1) is 21.1. The third-order valence-corrected chi connectivity index (χ3v) is 5.96. The fourth-order valence-electron chi connectivity index (χ4n) is 4.05. The second kappa shape index (κ2) is 9.33. The number of carbonyl (C=O) groups excluding carboxylic acids is 1. The molecule has 4 rings (SSSR count). The molecule has 162 valence electrons. The van der Waals surface area contributed by atoms with Crippen LogP contribution in [0.1, 0.15) is 65.2 Å². The van der Waals surface area contributed by atoms with Gasteiger partial charge in [0.25, 0.3) is 5.91 Å². The molecule has 0 unspecified atom stereocenters. The van der Waals surface area contributed by atoms with Crippen LogP contribution in [0, 0.1) is 6.92 Å². The predicted octanol–water partition coefficient (Wildman–Crippen LogP) is 4.25. The zero-order chi connectivity index (χ0) is 21.8. The average molecular weight is 419 g/mol. The Hall–Kier alpha value is -3.15. The summed E-state index contributed by atoms with van der Waals surface area (Å²) in [5.74, 6) is 3.63. The van der Waals surface area contributed by atoms with Gasteiger partial charge in [-0.25, -0.2) is 0 Å². The summed E-state index contributed by atoms with van der Waals surface area (Å²) >= 11 is 0. The van der Waals surface area contributed by atoms with E-state index in [1.54, 1.807) is 0 Å². The Kier molecular flexibility index (Phi) is 6.35. The Morgan fingerprint density at radius 3 is 2.77 bits per heavy atom. The smallest absolute Gasteiger partial charge is 0.251 e. The maximum absolute atomic E-state index is 12.6. The first-order valence-corrected chi connectivity index (χ1v) is 11.0. The molecular weight excluding hydrogens is 388 g/mol. The molecule has 1 aliphatic heterocycles. The molecule has 0 fully saturated rings. The van der Waals surface area contributed by atoms with E-state index >= 15 is 0 Å². The van der Waals surface area contributed by atoms with Gasteiger partial charge in [0.15, 0.2) is 0 Å². The number of nitrogens with one attached hydrogen (secondary N) is 1. The molecule has 0 saturated carbocycles. The Morgan fingerprint density at radius 2 is 2.00 bits per heavy atom. The van der Waals surface area contributed by atoms with E-state index in [0.29, 0.717) is 30.6 Å². The number of aryl methyl sites for hydroxylation is 2.